The number of hydrogen-bond acceptors (Lipinski definition) is 6. The highest BCUT2D eigenvalue weighted by Gasteiger charge is 2.52. The maximum atomic E-state index is 13.1. The molecule has 2 unspecified atom stereocenters. The van der Waals surface area contributed by atoms with E-state index in [0.29, 0.717) is 41.9 Å². The van der Waals surface area contributed by atoms with Gasteiger partial charge in [-0.2, -0.15) is 0 Å². The van der Waals surface area contributed by atoms with Gasteiger partial charge in [-0.05, 0) is 81.2 Å². The molecule has 41 heavy (non-hydrogen) atoms. The van der Waals surface area contributed by atoms with Crippen LogP contribution in [0, 0.1) is 0 Å². The molecule has 2 aromatic carbocycles. The molecule has 2 bridgehead atoms. The fourth-order valence-electron chi connectivity index (χ4n) is 6.80. The summed E-state index contributed by atoms with van der Waals surface area (Å²) < 4.78 is 55.7. The molecular formula is C31H31F3N2O5. The van der Waals surface area contributed by atoms with Gasteiger partial charge in [-0.3, -0.25) is 4.79 Å². The van der Waals surface area contributed by atoms with E-state index in [4.69, 9.17) is 9.26 Å². The number of halogens is 3. The molecular weight excluding hydrogens is 537 g/mol. The van der Waals surface area contributed by atoms with E-state index in [-0.39, 0.29) is 29.9 Å². The van der Waals surface area contributed by atoms with E-state index < -0.39 is 17.7 Å². The average Bonchev–Trinajstić information content (AvgIpc) is 3.87. The van der Waals surface area contributed by atoms with Gasteiger partial charge >= 0.3 is 12.3 Å². The predicted molar refractivity (Wildman–Crippen MR) is 143 cm³/mol. The van der Waals surface area contributed by atoms with Crippen molar-refractivity contribution in [3.63, 3.8) is 0 Å². The van der Waals surface area contributed by atoms with E-state index in [9.17, 15) is 23.1 Å². The maximum Gasteiger partial charge on any atom is 0.573 e. The van der Waals surface area contributed by atoms with Crippen LogP contribution in [-0.2, 0) is 21.6 Å². The number of fused-ring (bicyclic) bond motifs is 2. The molecule has 3 heterocycles. The summed E-state index contributed by atoms with van der Waals surface area (Å²) in [5, 5.41) is 13.8. The topological polar surface area (TPSA) is 85.0 Å². The number of ether oxygens (including phenoxy) is 2. The second-order valence-electron chi connectivity index (χ2n) is 11.8. The molecule has 216 valence electrons. The van der Waals surface area contributed by atoms with Crippen LogP contribution in [0.2, 0.25) is 0 Å². The maximum absolute atomic E-state index is 13.1. The lowest BCUT2D eigenvalue weighted by molar-refractivity contribution is -0.274. The number of alkyl halides is 3. The number of para-hydroxylation sites is 1. The third-order valence-corrected chi connectivity index (χ3v) is 9.17. The van der Waals surface area contributed by atoms with Crippen molar-refractivity contribution in [2.24, 2.45) is 0 Å². The highest BCUT2D eigenvalue weighted by molar-refractivity contribution is 5.85. The summed E-state index contributed by atoms with van der Waals surface area (Å²) in [6, 6.07) is 14.6. The number of aromatic nitrogens is 1. The number of rotatable bonds is 9. The Labute approximate surface area is 235 Å². The van der Waals surface area contributed by atoms with Gasteiger partial charge in [0, 0.05) is 34.8 Å². The molecule has 2 aliphatic carbocycles. The van der Waals surface area contributed by atoms with Crippen molar-refractivity contribution < 1.29 is 37.1 Å². The van der Waals surface area contributed by atoms with Crippen LogP contribution in [0.1, 0.15) is 74.2 Å². The van der Waals surface area contributed by atoms with Crippen LogP contribution in [0.3, 0.4) is 0 Å². The van der Waals surface area contributed by atoms with Crippen molar-refractivity contribution in [1.29, 1.82) is 0 Å². The van der Waals surface area contributed by atoms with Crippen molar-refractivity contribution in [3.8, 4) is 17.0 Å². The molecule has 2 atom stereocenters. The molecule has 4 aliphatic rings. The lowest BCUT2D eigenvalue weighted by Crippen LogP contribution is -2.45. The number of hydrogen-bond donors (Lipinski definition) is 1. The average molecular weight is 569 g/mol. The van der Waals surface area contributed by atoms with Crippen molar-refractivity contribution in [3.05, 3.63) is 65.4 Å². The third-order valence-electron chi connectivity index (χ3n) is 9.17. The minimum atomic E-state index is -4.82. The standard InChI is InChI=1S/C31H31F3N2O5/c32-31(33,34)40-26-4-2-1-3-24(26)27-25(28(41-35-27)18-5-6-18)17-39-23-15-21-11-12-22(16-23)36(21)20-9-7-19(8-10-20)30(13-14-30)29(37)38/h1-4,7-10,18,21-23H,5-6,11-17H2,(H,37,38). The number of nitrogens with zero attached hydrogens (tertiary/aromatic N) is 2. The normalized spacial score (nSPS) is 24.9. The summed E-state index contributed by atoms with van der Waals surface area (Å²) in [6.07, 6.45) is 2.25. The molecule has 4 fully saturated rings. The molecule has 2 saturated heterocycles. The smallest absolute Gasteiger partial charge is 0.481 e. The highest BCUT2D eigenvalue weighted by atomic mass is 19.4. The summed E-state index contributed by atoms with van der Waals surface area (Å²) in [6.45, 7) is 0.209. The van der Waals surface area contributed by atoms with Crippen LogP contribution < -0.4 is 9.64 Å². The summed E-state index contributed by atoms with van der Waals surface area (Å²) in [5.74, 6) is -0.162. The van der Waals surface area contributed by atoms with Gasteiger partial charge < -0.3 is 24.0 Å². The predicted octanol–water partition coefficient (Wildman–Crippen LogP) is 6.95. The van der Waals surface area contributed by atoms with Crippen molar-refractivity contribution >= 4 is 11.7 Å². The quantitative estimate of drug-likeness (QED) is 0.299. The van der Waals surface area contributed by atoms with Gasteiger partial charge in [-0.15, -0.1) is 13.2 Å². The van der Waals surface area contributed by atoms with Crippen LogP contribution in [-0.4, -0.2) is 40.8 Å². The Hall–Kier alpha value is -3.53. The summed E-state index contributed by atoms with van der Waals surface area (Å²) >= 11 is 0. The first-order chi connectivity index (χ1) is 19.7. The van der Waals surface area contributed by atoms with Gasteiger partial charge in [0.05, 0.1) is 18.1 Å². The van der Waals surface area contributed by atoms with E-state index in [1.165, 1.54) is 12.1 Å². The lowest BCUT2D eigenvalue weighted by atomic mass is 9.94. The largest absolute Gasteiger partial charge is 0.573 e. The first-order valence-electron chi connectivity index (χ1n) is 14.3. The third kappa shape index (κ3) is 4.96. The van der Waals surface area contributed by atoms with E-state index in [0.717, 1.165) is 49.8 Å². The monoisotopic (exact) mass is 568 g/mol. The number of aliphatic carboxylic acids is 1. The molecule has 7 rings (SSSR count). The number of carbonyl (C=O) groups is 1. The molecule has 0 radical (unpaired) electrons. The van der Waals surface area contributed by atoms with Gasteiger partial charge in [0.15, 0.2) is 0 Å². The number of anilines is 1. The molecule has 10 heteroatoms. The second kappa shape index (κ2) is 9.79. The van der Waals surface area contributed by atoms with E-state index >= 15 is 0 Å². The van der Waals surface area contributed by atoms with Crippen molar-refractivity contribution in [1.82, 2.24) is 5.16 Å². The van der Waals surface area contributed by atoms with Gasteiger partial charge in [0.25, 0.3) is 0 Å². The van der Waals surface area contributed by atoms with Crippen LogP contribution in [0.5, 0.6) is 5.75 Å². The van der Waals surface area contributed by atoms with E-state index in [1.807, 2.05) is 12.1 Å². The Morgan fingerprint density at radius 2 is 1.71 bits per heavy atom. The van der Waals surface area contributed by atoms with Crippen LogP contribution in [0.25, 0.3) is 11.3 Å². The molecule has 0 spiro atoms. The molecule has 7 nitrogen and oxygen atoms in total. The Bertz CT molecular complexity index is 1430. The number of piperidine rings is 1. The Balaban J connectivity index is 1.07. The van der Waals surface area contributed by atoms with Crippen LogP contribution in [0.4, 0.5) is 18.9 Å². The first kappa shape index (κ1) is 26.4. The van der Waals surface area contributed by atoms with Crippen LogP contribution >= 0.6 is 0 Å². The zero-order chi connectivity index (χ0) is 28.4. The summed E-state index contributed by atoms with van der Waals surface area (Å²) in [4.78, 5) is 14.2. The van der Waals surface area contributed by atoms with Gasteiger partial charge in [-0.1, -0.05) is 29.4 Å². The second-order valence-corrected chi connectivity index (χ2v) is 11.8. The molecule has 1 aromatic heterocycles. The summed E-state index contributed by atoms with van der Waals surface area (Å²) in [5.41, 5.74) is 2.54. The Morgan fingerprint density at radius 1 is 1.02 bits per heavy atom. The molecule has 2 saturated carbocycles. The number of carboxylic acids is 1. The first-order valence-corrected chi connectivity index (χ1v) is 14.3. The highest BCUT2D eigenvalue weighted by Crippen LogP contribution is 2.50. The molecule has 2 aliphatic heterocycles. The van der Waals surface area contributed by atoms with E-state index in [2.05, 4.69) is 26.9 Å². The van der Waals surface area contributed by atoms with Crippen molar-refractivity contribution in [2.75, 3.05) is 4.90 Å². The lowest BCUT2D eigenvalue weighted by Gasteiger charge is -2.40. The van der Waals surface area contributed by atoms with Crippen LogP contribution in [0.15, 0.2) is 53.1 Å². The van der Waals surface area contributed by atoms with Crippen molar-refractivity contribution in [2.45, 2.75) is 93.9 Å². The van der Waals surface area contributed by atoms with E-state index in [1.54, 1.807) is 12.1 Å². The molecule has 3 aromatic rings. The SMILES string of the molecule is O=C(O)C1(c2ccc(N3C4CCC3CC(OCc3c(-c5ccccc5OC(F)(F)F)noc3C3CC3)C4)cc2)CC1. The number of carboxylic acid groups (broad SMARTS) is 1. The zero-order valence-corrected chi connectivity index (χ0v) is 22.4. The van der Waals surface area contributed by atoms with Gasteiger partial charge in [-0.25, -0.2) is 0 Å². The molecule has 1 N–H and O–H groups in total. The minimum absolute atomic E-state index is 0.00115. The van der Waals surface area contributed by atoms with Gasteiger partial charge in [0.1, 0.15) is 17.2 Å². The fourth-order valence-corrected chi connectivity index (χ4v) is 6.80. The Morgan fingerprint density at radius 3 is 2.32 bits per heavy atom. The minimum Gasteiger partial charge on any atom is -0.481 e. The molecule has 0 amide bonds. The fraction of sp³-hybridized carbons (Fsp3) is 0.484. The van der Waals surface area contributed by atoms with Gasteiger partial charge in [0.2, 0.25) is 0 Å². The number of benzene rings is 2. The zero-order valence-electron chi connectivity index (χ0n) is 22.4. The Kier molecular flexibility index (Phi) is 6.30. The summed E-state index contributed by atoms with van der Waals surface area (Å²) in [7, 11) is 0.